The molecular weight excluding hydrogens is 570 g/mol. The molecule has 2 aliphatic heterocycles. The van der Waals surface area contributed by atoms with Gasteiger partial charge >= 0.3 is 5.97 Å². The second kappa shape index (κ2) is 13.2. The molecule has 11 nitrogen and oxygen atoms in total. The highest BCUT2D eigenvalue weighted by Crippen LogP contribution is 2.34. The summed E-state index contributed by atoms with van der Waals surface area (Å²) in [7, 11) is 1.41. The number of esters is 1. The van der Waals surface area contributed by atoms with Gasteiger partial charge in [0.05, 0.1) is 12.8 Å². The van der Waals surface area contributed by atoms with Crippen molar-refractivity contribution >= 4 is 23.3 Å². The number of nitrogens with two attached hydrogens (primary N) is 1. The normalized spacial score (nSPS) is 17.1. The first-order chi connectivity index (χ1) is 21.8. The van der Waals surface area contributed by atoms with E-state index in [1.54, 1.807) is 12.1 Å². The van der Waals surface area contributed by atoms with Gasteiger partial charge in [0.1, 0.15) is 11.7 Å². The van der Waals surface area contributed by atoms with E-state index < -0.39 is 5.92 Å². The summed E-state index contributed by atoms with van der Waals surface area (Å²) in [5.74, 6) is 1.19. The fourth-order valence-electron chi connectivity index (χ4n) is 6.53. The van der Waals surface area contributed by atoms with Crippen LogP contribution in [-0.4, -0.2) is 83.7 Å². The molecule has 4 aromatic rings. The Hall–Kier alpha value is -4.64. The molecule has 2 saturated heterocycles. The van der Waals surface area contributed by atoms with E-state index in [1.165, 1.54) is 12.8 Å². The number of aromatic nitrogens is 3. The molecule has 0 aliphatic carbocycles. The van der Waals surface area contributed by atoms with Crippen LogP contribution in [0.4, 0.5) is 17.3 Å². The zero-order valence-electron chi connectivity index (χ0n) is 26.1. The SMILES string of the molecule is COC(=O)C(c1cc(N2CCC(N3CCN(c4ccc(-c5cc(-c6ccccc6O)nnc5N)cc4)CC3)CC2)no1)C(C)C. The molecule has 2 aromatic carbocycles. The Kier molecular flexibility index (Phi) is 8.88. The van der Waals surface area contributed by atoms with E-state index >= 15 is 0 Å². The number of nitrogen functional groups attached to an aromatic ring is 1. The smallest absolute Gasteiger partial charge is 0.316 e. The lowest BCUT2D eigenvalue weighted by molar-refractivity contribution is -0.144. The average Bonchev–Trinajstić information content (AvgIpc) is 3.55. The summed E-state index contributed by atoms with van der Waals surface area (Å²) >= 11 is 0. The average molecular weight is 612 g/mol. The summed E-state index contributed by atoms with van der Waals surface area (Å²) in [5, 5.41) is 22.9. The molecule has 1 unspecified atom stereocenters. The standard InChI is InChI=1S/C34H41N7O4/c1-22(2)32(34(43)44-3)30-21-31(38-45-30)41-14-12-25(13-15-41)40-18-16-39(17-19-40)24-10-8-23(9-11-24)27-20-28(36-37-33(27)35)26-6-4-5-7-29(26)42/h4-11,20-22,25,32,42H,12-19H2,1-3H3,(H2,35,37). The molecular formula is C34H41N7O4. The Morgan fingerprint density at radius 2 is 1.64 bits per heavy atom. The number of hydrogen-bond donors (Lipinski definition) is 2. The number of para-hydroxylation sites is 1. The zero-order valence-corrected chi connectivity index (χ0v) is 26.1. The minimum absolute atomic E-state index is 0.0578. The fraction of sp³-hybridized carbons (Fsp3) is 0.412. The van der Waals surface area contributed by atoms with Crippen LogP contribution in [0.2, 0.25) is 0 Å². The van der Waals surface area contributed by atoms with Crippen molar-refractivity contribution in [3.63, 3.8) is 0 Å². The lowest BCUT2D eigenvalue weighted by Crippen LogP contribution is -2.53. The Balaban J connectivity index is 1.03. The van der Waals surface area contributed by atoms with Crippen molar-refractivity contribution in [2.45, 2.75) is 38.6 Å². The summed E-state index contributed by atoms with van der Waals surface area (Å²) in [6.07, 6.45) is 2.12. The number of benzene rings is 2. The van der Waals surface area contributed by atoms with E-state index in [0.717, 1.165) is 69.1 Å². The second-order valence-corrected chi connectivity index (χ2v) is 12.2. The molecule has 6 rings (SSSR count). The maximum Gasteiger partial charge on any atom is 0.316 e. The molecule has 2 aromatic heterocycles. The number of nitrogens with zero attached hydrogens (tertiary/aromatic N) is 6. The summed E-state index contributed by atoms with van der Waals surface area (Å²) < 4.78 is 10.6. The molecule has 11 heteroatoms. The van der Waals surface area contributed by atoms with Crippen molar-refractivity contribution in [2.75, 3.05) is 61.9 Å². The molecule has 1 atom stereocenters. The van der Waals surface area contributed by atoms with Crippen molar-refractivity contribution < 1.29 is 19.2 Å². The van der Waals surface area contributed by atoms with Crippen molar-refractivity contribution in [1.82, 2.24) is 20.3 Å². The van der Waals surface area contributed by atoms with Crippen LogP contribution in [0.1, 0.15) is 38.4 Å². The van der Waals surface area contributed by atoms with Crippen LogP contribution in [0.15, 0.2) is 65.2 Å². The van der Waals surface area contributed by atoms with E-state index in [4.69, 9.17) is 15.0 Å². The number of piperazine rings is 1. The third-order valence-electron chi connectivity index (χ3n) is 9.11. The van der Waals surface area contributed by atoms with Gasteiger partial charge < -0.3 is 29.9 Å². The molecule has 2 aliphatic rings. The molecule has 0 radical (unpaired) electrons. The number of carbonyl (C=O) groups is 1. The van der Waals surface area contributed by atoms with Crippen molar-refractivity contribution in [3.05, 3.63) is 66.4 Å². The fourth-order valence-corrected chi connectivity index (χ4v) is 6.53. The maximum absolute atomic E-state index is 12.3. The van der Waals surface area contributed by atoms with E-state index in [-0.39, 0.29) is 17.6 Å². The molecule has 0 bridgehead atoms. The van der Waals surface area contributed by atoms with Crippen LogP contribution < -0.4 is 15.5 Å². The van der Waals surface area contributed by atoms with Gasteiger partial charge in [-0.25, -0.2) is 0 Å². The lowest BCUT2D eigenvalue weighted by atomic mass is 9.93. The minimum atomic E-state index is -0.449. The van der Waals surface area contributed by atoms with Crippen molar-refractivity contribution in [3.8, 4) is 28.1 Å². The van der Waals surface area contributed by atoms with Crippen LogP contribution in [-0.2, 0) is 9.53 Å². The Morgan fingerprint density at radius 3 is 2.31 bits per heavy atom. The van der Waals surface area contributed by atoms with Crippen LogP contribution in [0.25, 0.3) is 22.4 Å². The van der Waals surface area contributed by atoms with Gasteiger partial charge in [-0.05, 0) is 54.7 Å². The number of aromatic hydroxyl groups is 1. The van der Waals surface area contributed by atoms with Gasteiger partial charge in [-0.2, -0.15) is 0 Å². The molecule has 4 heterocycles. The Morgan fingerprint density at radius 1 is 0.933 bits per heavy atom. The number of ether oxygens (including phenoxy) is 1. The first kappa shape index (κ1) is 30.4. The van der Waals surface area contributed by atoms with Crippen LogP contribution in [0.3, 0.4) is 0 Å². The van der Waals surface area contributed by atoms with Gasteiger partial charge in [0.2, 0.25) is 0 Å². The highest BCUT2D eigenvalue weighted by Gasteiger charge is 2.32. The van der Waals surface area contributed by atoms with E-state index in [0.29, 0.717) is 28.9 Å². The number of methoxy groups -OCH3 is 1. The molecule has 45 heavy (non-hydrogen) atoms. The molecule has 0 amide bonds. The zero-order chi connectivity index (χ0) is 31.5. The lowest BCUT2D eigenvalue weighted by Gasteiger charge is -2.43. The summed E-state index contributed by atoms with van der Waals surface area (Å²) in [4.78, 5) is 19.6. The molecule has 3 N–H and O–H groups in total. The summed E-state index contributed by atoms with van der Waals surface area (Å²) in [6, 6.07) is 19.8. The predicted octanol–water partition coefficient (Wildman–Crippen LogP) is 4.79. The monoisotopic (exact) mass is 611 g/mol. The second-order valence-electron chi connectivity index (χ2n) is 12.2. The highest BCUT2D eigenvalue weighted by molar-refractivity contribution is 5.80. The van der Waals surface area contributed by atoms with Crippen LogP contribution >= 0.6 is 0 Å². The van der Waals surface area contributed by atoms with Gasteiger partial charge in [-0.3, -0.25) is 9.69 Å². The number of rotatable bonds is 8. The van der Waals surface area contributed by atoms with E-state index in [2.05, 4.69) is 54.3 Å². The molecule has 0 spiro atoms. The number of phenols is 1. The first-order valence-electron chi connectivity index (χ1n) is 15.6. The number of phenolic OH excluding ortho intramolecular Hbond substituents is 1. The highest BCUT2D eigenvalue weighted by atomic mass is 16.5. The van der Waals surface area contributed by atoms with Crippen LogP contribution in [0, 0.1) is 5.92 Å². The predicted molar refractivity (Wildman–Crippen MR) is 174 cm³/mol. The van der Waals surface area contributed by atoms with Crippen molar-refractivity contribution in [2.24, 2.45) is 5.92 Å². The Labute approximate surface area is 263 Å². The topological polar surface area (TPSA) is 134 Å². The number of hydrogen-bond acceptors (Lipinski definition) is 11. The van der Waals surface area contributed by atoms with Gasteiger partial charge in [0, 0.05) is 68.2 Å². The van der Waals surface area contributed by atoms with Crippen LogP contribution in [0.5, 0.6) is 5.75 Å². The van der Waals surface area contributed by atoms with Gasteiger partial charge in [0.25, 0.3) is 0 Å². The number of anilines is 3. The van der Waals surface area contributed by atoms with E-state index in [9.17, 15) is 9.90 Å². The van der Waals surface area contributed by atoms with Gasteiger partial charge in [0.15, 0.2) is 17.4 Å². The molecule has 236 valence electrons. The molecule has 2 fully saturated rings. The van der Waals surface area contributed by atoms with E-state index in [1.807, 2.05) is 38.1 Å². The Bertz CT molecular complexity index is 1610. The van der Waals surface area contributed by atoms with Gasteiger partial charge in [-0.1, -0.05) is 43.3 Å². The largest absolute Gasteiger partial charge is 0.507 e. The molecule has 0 saturated carbocycles. The third-order valence-corrected chi connectivity index (χ3v) is 9.11. The van der Waals surface area contributed by atoms with Crippen molar-refractivity contribution in [1.29, 1.82) is 0 Å². The third kappa shape index (κ3) is 6.44. The quantitative estimate of drug-likeness (QED) is 0.266. The summed E-state index contributed by atoms with van der Waals surface area (Å²) in [6.45, 7) is 9.73. The number of piperidine rings is 1. The maximum atomic E-state index is 12.3. The summed E-state index contributed by atoms with van der Waals surface area (Å²) in [5.41, 5.74) is 10.3. The first-order valence-corrected chi connectivity index (χ1v) is 15.6. The number of carbonyl (C=O) groups excluding carboxylic acids is 1. The minimum Gasteiger partial charge on any atom is -0.507 e. The van der Waals surface area contributed by atoms with Gasteiger partial charge in [-0.15, -0.1) is 10.2 Å².